The van der Waals surface area contributed by atoms with Crippen LogP contribution in [0.2, 0.25) is 0 Å². The highest BCUT2D eigenvalue weighted by Crippen LogP contribution is 2.35. The first kappa shape index (κ1) is 24.5. The Kier molecular flexibility index (Phi) is 7.11. The normalized spacial score (nSPS) is 14.3. The molecule has 9 heteroatoms. The van der Waals surface area contributed by atoms with Crippen LogP contribution >= 0.6 is 11.8 Å². The Morgan fingerprint density at radius 2 is 1.83 bits per heavy atom. The molecule has 0 aliphatic heterocycles. The van der Waals surface area contributed by atoms with E-state index in [1.807, 2.05) is 60.2 Å². The second kappa shape index (κ2) is 10.4. The van der Waals surface area contributed by atoms with E-state index in [0.717, 1.165) is 39.1 Å². The van der Waals surface area contributed by atoms with Crippen LogP contribution in [0.3, 0.4) is 0 Å². The molecule has 0 saturated heterocycles. The maximum Gasteiger partial charge on any atom is 0.196 e. The van der Waals surface area contributed by atoms with Crippen molar-refractivity contribution >= 4 is 21.6 Å². The van der Waals surface area contributed by atoms with Crippen LogP contribution < -0.4 is 4.74 Å². The summed E-state index contributed by atoms with van der Waals surface area (Å²) in [5.41, 5.74) is 3.93. The largest absolute Gasteiger partial charge is 0.486 e. The van der Waals surface area contributed by atoms with E-state index in [1.165, 1.54) is 31.9 Å². The van der Waals surface area contributed by atoms with Crippen molar-refractivity contribution in [3.63, 3.8) is 0 Å². The van der Waals surface area contributed by atoms with E-state index in [-0.39, 0.29) is 6.61 Å². The maximum absolute atomic E-state index is 11.8. The monoisotopic (exact) mass is 520 g/mol. The van der Waals surface area contributed by atoms with Crippen molar-refractivity contribution in [3.8, 4) is 22.6 Å². The standard InChI is InChI=1S/C27H28N4O3S2/c1-19-16-22(11-14-25(19)20-9-12-24(13-10-20)36(2,32)33)34-18-26-29-30-27(35-23-7-3-4-8-23)31(26)21-6-5-15-28-17-21/h5-6,9-17,23H,3-4,7-8,18H2,1-2H3. The predicted molar refractivity (Wildman–Crippen MR) is 141 cm³/mol. The van der Waals surface area contributed by atoms with E-state index < -0.39 is 9.84 Å². The van der Waals surface area contributed by atoms with Crippen LogP contribution in [-0.4, -0.2) is 39.7 Å². The van der Waals surface area contributed by atoms with E-state index in [9.17, 15) is 8.42 Å². The Bertz CT molecular complexity index is 1450. The second-order valence-electron chi connectivity index (χ2n) is 9.03. The number of ether oxygens (including phenoxy) is 1. The van der Waals surface area contributed by atoms with Gasteiger partial charge in [0, 0.05) is 17.7 Å². The minimum absolute atomic E-state index is 0.273. The number of nitrogens with zero attached hydrogens (tertiary/aromatic N) is 4. The van der Waals surface area contributed by atoms with Crippen molar-refractivity contribution < 1.29 is 13.2 Å². The maximum atomic E-state index is 11.8. The molecule has 0 bridgehead atoms. The van der Waals surface area contributed by atoms with Gasteiger partial charge in [0.15, 0.2) is 20.8 Å². The van der Waals surface area contributed by atoms with Crippen LogP contribution in [-0.2, 0) is 16.4 Å². The molecule has 2 aromatic heterocycles. The molecule has 1 fully saturated rings. The van der Waals surface area contributed by atoms with Crippen LogP contribution in [0.15, 0.2) is 77.0 Å². The number of benzene rings is 2. The highest BCUT2D eigenvalue weighted by molar-refractivity contribution is 7.99. The summed E-state index contributed by atoms with van der Waals surface area (Å²) in [6.45, 7) is 2.29. The van der Waals surface area contributed by atoms with E-state index in [2.05, 4.69) is 15.2 Å². The number of pyridine rings is 1. The molecule has 36 heavy (non-hydrogen) atoms. The Morgan fingerprint density at radius 3 is 2.50 bits per heavy atom. The van der Waals surface area contributed by atoms with Crippen molar-refractivity contribution in [1.82, 2.24) is 19.7 Å². The molecule has 0 spiro atoms. The molecule has 5 rings (SSSR count). The average Bonchev–Trinajstić information content (AvgIpc) is 3.53. The lowest BCUT2D eigenvalue weighted by atomic mass is 10.0. The van der Waals surface area contributed by atoms with Gasteiger partial charge in [-0.15, -0.1) is 10.2 Å². The molecule has 2 aromatic carbocycles. The fraction of sp³-hybridized carbons (Fsp3) is 0.296. The number of hydrogen-bond donors (Lipinski definition) is 0. The molecular formula is C27H28N4O3S2. The van der Waals surface area contributed by atoms with Crippen molar-refractivity contribution in [1.29, 1.82) is 0 Å². The predicted octanol–water partition coefficient (Wildman–Crippen LogP) is 5.65. The summed E-state index contributed by atoms with van der Waals surface area (Å²) in [6, 6.07) is 16.8. The van der Waals surface area contributed by atoms with Gasteiger partial charge in [0.1, 0.15) is 12.4 Å². The summed E-state index contributed by atoms with van der Waals surface area (Å²) in [5, 5.41) is 10.4. The van der Waals surface area contributed by atoms with Crippen LogP contribution in [0.1, 0.15) is 37.1 Å². The first-order valence-corrected chi connectivity index (χ1v) is 14.7. The Morgan fingerprint density at radius 1 is 1.06 bits per heavy atom. The molecule has 1 saturated carbocycles. The first-order chi connectivity index (χ1) is 17.4. The summed E-state index contributed by atoms with van der Waals surface area (Å²) in [7, 11) is -3.22. The van der Waals surface area contributed by atoms with Gasteiger partial charge in [-0.25, -0.2) is 8.42 Å². The lowest BCUT2D eigenvalue weighted by Gasteiger charge is -2.13. The zero-order chi connectivity index (χ0) is 25.1. The van der Waals surface area contributed by atoms with E-state index in [0.29, 0.717) is 10.1 Å². The summed E-state index contributed by atoms with van der Waals surface area (Å²) < 4.78 is 31.7. The van der Waals surface area contributed by atoms with E-state index in [4.69, 9.17) is 4.74 Å². The molecule has 186 valence electrons. The molecule has 1 aliphatic rings. The second-order valence-corrected chi connectivity index (χ2v) is 12.3. The minimum atomic E-state index is -3.22. The third-order valence-electron chi connectivity index (χ3n) is 6.34. The van der Waals surface area contributed by atoms with Crippen LogP contribution in [0.25, 0.3) is 16.8 Å². The smallest absolute Gasteiger partial charge is 0.196 e. The lowest BCUT2D eigenvalue weighted by molar-refractivity contribution is 0.292. The fourth-order valence-electron chi connectivity index (χ4n) is 4.45. The Labute approximate surface area is 215 Å². The number of sulfone groups is 1. The van der Waals surface area contributed by atoms with Gasteiger partial charge in [0.05, 0.1) is 16.8 Å². The number of thioether (sulfide) groups is 1. The minimum Gasteiger partial charge on any atom is -0.486 e. The SMILES string of the molecule is Cc1cc(OCc2nnc(SC3CCCC3)n2-c2cccnc2)ccc1-c1ccc(S(C)(=O)=O)cc1. The van der Waals surface area contributed by atoms with E-state index in [1.54, 1.807) is 30.1 Å². The third-order valence-corrected chi connectivity index (χ3v) is 8.75. The highest BCUT2D eigenvalue weighted by atomic mass is 32.2. The lowest BCUT2D eigenvalue weighted by Crippen LogP contribution is -2.08. The van der Waals surface area contributed by atoms with Crippen molar-refractivity contribution in [2.45, 2.75) is 54.5 Å². The average molecular weight is 521 g/mol. The van der Waals surface area contributed by atoms with Gasteiger partial charge >= 0.3 is 0 Å². The van der Waals surface area contributed by atoms with Gasteiger partial charge in [-0.3, -0.25) is 9.55 Å². The fourth-order valence-corrected chi connectivity index (χ4v) is 6.35. The molecule has 0 atom stereocenters. The third kappa shape index (κ3) is 5.47. The summed E-state index contributed by atoms with van der Waals surface area (Å²) in [6.07, 6.45) is 9.74. The van der Waals surface area contributed by atoms with Gasteiger partial charge in [0.25, 0.3) is 0 Å². The first-order valence-electron chi connectivity index (χ1n) is 11.9. The molecule has 0 radical (unpaired) electrons. The topological polar surface area (TPSA) is 87.0 Å². The molecule has 0 unspecified atom stereocenters. The van der Waals surface area contributed by atoms with Crippen LogP contribution in [0.4, 0.5) is 0 Å². The van der Waals surface area contributed by atoms with Crippen molar-refractivity contribution in [2.75, 3.05) is 6.26 Å². The van der Waals surface area contributed by atoms with Gasteiger partial charge in [0.2, 0.25) is 0 Å². The number of aromatic nitrogens is 4. The zero-order valence-corrected chi connectivity index (χ0v) is 21.9. The molecular weight excluding hydrogens is 492 g/mol. The number of rotatable bonds is 8. The van der Waals surface area contributed by atoms with Gasteiger partial charge in [-0.1, -0.05) is 42.8 Å². The molecule has 4 aromatic rings. The number of aryl methyl sites for hydroxylation is 1. The highest BCUT2D eigenvalue weighted by Gasteiger charge is 2.22. The quantitative estimate of drug-likeness (QED) is 0.296. The van der Waals surface area contributed by atoms with Crippen molar-refractivity contribution in [3.05, 3.63) is 78.4 Å². The van der Waals surface area contributed by atoms with Crippen LogP contribution in [0.5, 0.6) is 5.75 Å². The Balaban J connectivity index is 1.35. The zero-order valence-electron chi connectivity index (χ0n) is 20.3. The molecule has 1 aliphatic carbocycles. The molecule has 7 nitrogen and oxygen atoms in total. The van der Waals surface area contributed by atoms with Crippen LogP contribution in [0, 0.1) is 6.92 Å². The summed E-state index contributed by atoms with van der Waals surface area (Å²) in [5.74, 6) is 1.45. The summed E-state index contributed by atoms with van der Waals surface area (Å²) >= 11 is 1.79. The molecule has 0 N–H and O–H groups in total. The van der Waals surface area contributed by atoms with Gasteiger partial charge in [-0.05, 0) is 72.9 Å². The Hall–Kier alpha value is -3.17. The molecule has 2 heterocycles. The van der Waals surface area contributed by atoms with Gasteiger partial charge in [-0.2, -0.15) is 0 Å². The van der Waals surface area contributed by atoms with Gasteiger partial charge < -0.3 is 4.74 Å². The summed E-state index contributed by atoms with van der Waals surface area (Å²) in [4.78, 5) is 4.59. The van der Waals surface area contributed by atoms with E-state index >= 15 is 0 Å². The molecule has 0 amide bonds. The number of hydrogen-bond acceptors (Lipinski definition) is 7. The van der Waals surface area contributed by atoms with Crippen molar-refractivity contribution in [2.24, 2.45) is 0 Å².